The van der Waals surface area contributed by atoms with Crippen LogP contribution in [0, 0.1) is 5.41 Å². The molecule has 3 rings (SSSR count). The Kier molecular flexibility index (Phi) is 8.09. The number of anilines is 1. The standard InChI is InChI=1S/C22H27N5O7S2/c1-6-7-11-8-35-18-14(25-16(28)13(26-32)12-9-36-21(23)24-12)17(29)27(18)15(11)19(30)33-10(2)34-20(31)22(3,4)5/h6-7,9-10,14,18,32H,8H2,1-5H3,(H2,23,24)(H,25,28)/b7-6-,26-13-/t10?,14?,18-/m0/s1. The topological polar surface area (TPSA) is 174 Å². The number of β-lactam (4-membered cyclic amide) rings is 1. The first-order valence-electron chi connectivity index (χ1n) is 10.9. The monoisotopic (exact) mass is 537 g/mol. The molecule has 2 aliphatic rings. The van der Waals surface area contributed by atoms with E-state index in [0.717, 1.165) is 11.3 Å². The van der Waals surface area contributed by atoms with Gasteiger partial charge in [0.25, 0.3) is 11.8 Å². The molecule has 2 amide bonds. The number of oxime groups is 1. The number of rotatable bonds is 7. The molecule has 14 heteroatoms. The summed E-state index contributed by atoms with van der Waals surface area (Å²) in [5, 5.41) is 15.9. The molecule has 0 aromatic carbocycles. The molecule has 1 aromatic heterocycles. The third-order valence-electron chi connectivity index (χ3n) is 5.08. The van der Waals surface area contributed by atoms with Crippen molar-refractivity contribution in [3.8, 4) is 0 Å². The first-order chi connectivity index (χ1) is 16.9. The van der Waals surface area contributed by atoms with E-state index >= 15 is 0 Å². The molecule has 3 heterocycles. The lowest BCUT2D eigenvalue weighted by molar-refractivity contribution is -0.190. The van der Waals surface area contributed by atoms with Crippen LogP contribution >= 0.6 is 23.1 Å². The molecule has 3 atom stereocenters. The van der Waals surface area contributed by atoms with Crippen LogP contribution < -0.4 is 11.1 Å². The summed E-state index contributed by atoms with van der Waals surface area (Å²) in [4.78, 5) is 56.1. The first kappa shape index (κ1) is 27.2. The molecule has 0 spiro atoms. The van der Waals surface area contributed by atoms with Crippen LogP contribution in [-0.4, -0.2) is 68.0 Å². The second-order valence-corrected chi connectivity index (χ2v) is 10.9. The van der Waals surface area contributed by atoms with Gasteiger partial charge < -0.3 is 25.7 Å². The third kappa shape index (κ3) is 5.54. The van der Waals surface area contributed by atoms with Gasteiger partial charge in [-0.1, -0.05) is 17.3 Å². The quantitative estimate of drug-likeness (QED) is 0.116. The number of fused-ring (bicyclic) bond motifs is 1. The Hall–Kier alpha value is -3.39. The van der Waals surface area contributed by atoms with E-state index in [1.54, 1.807) is 39.8 Å². The Balaban J connectivity index is 1.76. The summed E-state index contributed by atoms with van der Waals surface area (Å²) in [6.45, 7) is 8.19. The number of esters is 2. The predicted octanol–water partition coefficient (Wildman–Crippen LogP) is 1.61. The highest BCUT2D eigenvalue weighted by Gasteiger charge is 2.54. The number of aromatic nitrogens is 1. The fraction of sp³-hybridized carbons (Fsp3) is 0.455. The van der Waals surface area contributed by atoms with Crippen molar-refractivity contribution in [1.82, 2.24) is 15.2 Å². The molecule has 36 heavy (non-hydrogen) atoms. The second-order valence-electron chi connectivity index (χ2n) is 8.88. The highest BCUT2D eigenvalue weighted by molar-refractivity contribution is 8.00. The smallest absolute Gasteiger partial charge is 0.358 e. The van der Waals surface area contributed by atoms with Crippen LogP contribution in [0.25, 0.3) is 0 Å². The van der Waals surface area contributed by atoms with Gasteiger partial charge in [-0.05, 0) is 33.3 Å². The number of nitrogens with zero attached hydrogens (tertiary/aromatic N) is 3. The van der Waals surface area contributed by atoms with Crippen LogP contribution in [0.3, 0.4) is 0 Å². The Morgan fingerprint density at radius 1 is 1.36 bits per heavy atom. The highest BCUT2D eigenvalue weighted by Crippen LogP contribution is 2.41. The SMILES string of the molecule is C/C=C\C1=C(C(=O)OC(C)OC(=O)C(C)(C)C)N2C(=O)C(NC(=O)/C(=N\O)c3csc(N)n3)[C@@H]2SC1. The number of nitrogen functional groups attached to an aromatic ring is 1. The molecule has 1 fully saturated rings. The van der Waals surface area contributed by atoms with Gasteiger partial charge in [0.2, 0.25) is 6.29 Å². The van der Waals surface area contributed by atoms with Gasteiger partial charge in [0, 0.05) is 18.1 Å². The lowest BCUT2D eigenvalue weighted by Crippen LogP contribution is -2.71. The number of thiazole rings is 1. The molecule has 0 bridgehead atoms. The largest absolute Gasteiger partial charge is 0.425 e. The fourth-order valence-corrected chi connectivity index (χ4v) is 5.20. The van der Waals surface area contributed by atoms with Gasteiger partial charge in [0.1, 0.15) is 22.8 Å². The first-order valence-corrected chi connectivity index (χ1v) is 12.8. The molecule has 4 N–H and O–H groups in total. The number of thioether (sulfide) groups is 1. The van der Waals surface area contributed by atoms with Gasteiger partial charge in [-0.3, -0.25) is 19.3 Å². The van der Waals surface area contributed by atoms with Crippen LogP contribution in [0.2, 0.25) is 0 Å². The fourth-order valence-electron chi connectivity index (χ4n) is 3.34. The molecule has 2 unspecified atom stereocenters. The van der Waals surface area contributed by atoms with Gasteiger partial charge in [0.05, 0.1) is 5.41 Å². The van der Waals surface area contributed by atoms with Gasteiger partial charge in [-0.15, -0.1) is 23.1 Å². The molecular weight excluding hydrogens is 510 g/mol. The molecule has 2 aliphatic heterocycles. The number of hydrogen-bond acceptors (Lipinski definition) is 12. The zero-order chi connectivity index (χ0) is 26.8. The predicted molar refractivity (Wildman–Crippen MR) is 133 cm³/mol. The van der Waals surface area contributed by atoms with Crippen molar-refractivity contribution < 1.29 is 33.9 Å². The maximum atomic E-state index is 13.1. The number of carbonyl (C=O) groups is 4. The summed E-state index contributed by atoms with van der Waals surface area (Å²) in [6, 6.07) is -0.985. The summed E-state index contributed by atoms with van der Waals surface area (Å²) in [7, 11) is 0. The summed E-state index contributed by atoms with van der Waals surface area (Å²) in [5.74, 6) is -2.40. The van der Waals surface area contributed by atoms with Gasteiger partial charge in [-0.25, -0.2) is 9.78 Å². The lowest BCUT2D eigenvalue weighted by Gasteiger charge is -2.49. The number of hydrogen-bond donors (Lipinski definition) is 3. The summed E-state index contributed by atoms with van der Waals surface area (Å²) in [6.07, 6.45) is 2.23. The second kappa shape index (κ2) is 10.7. The van der Waals surface area contributed by atoms with Gasteiger partial charge in [0.15, 0.2) is 10.8 Å². The van der Waals surface area contributed by atoms with E-state index < -0.39 is 52.6 Å². The maximum absolute atomic E-state index is 13.1. The Morgan fingerprint density at radius 2 is 2.06 bits per heavy atom. The summed E-state index contributed by atoms with van der Waals surface area (Å²) < 4.78 is 10.5. The number of ether oxygens (including phenoxy) is 2. The molecular formula is C22H27N5O7S2. The minimum atomic E-state index is -1.18. The number of amides is 2. The highest BCUT2D eigenvalue weighted by atomic mass is 32.2. The van der Waals surface area contributed by atoms with Crippen LogP contribution in [0.15, 0.2) is 34.0 Å². The number of carbonyl (C=O) groups excluding carboxylic acids is 4. The van der Waals surface area contributed by atoms with E-state index in [9.17, 15) is 24.4 Å². The van der Waals surface area contributed by atoms with Crippen molar-refractivity contribution in [2.45, 2.75) is 52.3 Å². The normalized spacial score (nSPS) is 21.1. The van der Waals surface area contributed by atoms with E-state index in [1.807, 2.05) is 0 Å². The zero-order valence-corrected chi connectivity index (χ0v) is 21.9. The Morgan fingerprint density at radius 3 is 2.61 bits per heavy atom. The van der Waals surface area contributed by atoms with Crippen molar-refractivity contribution in [2.24, 2.45) is 10.6 Å². The molecule has 194 valence electrons. The van der Waals surface area contributed by atoms with E-state index in [0.29, 0.717) is 11.3 Å². The molecule has 0 saturated carbocycles. The van der Waals surface area contributed by atoms with Crippen molar-refractivity contribution in [3.63, 3.8) is 0 Å². The van der Waals surface area contributed by atoms with E-state index in [-0.39, 0.29) is 16.5 Å². The van der Waals surface area contributed by atoms with Gasteiger partial charge in [-0.2, -0.15) is 0 Å². The molecule has 1 saturated heterocycles. The number of allylic oxidation sites excluding steroid dienone is 2. The molecule has 1 aromatic rings. The minimum absolute atomic E-state index is 0.00864. The lowest BCUT2D eigenvalue weighted by atomic mass is 9.97. The molecule has 0 aliphatic carbocycles. The number of nitrogens with one attached hydrogen (secondary N) is 1. The minimum Gasteiger partial charge on any atom is -0.425 e. The average Bonchev–Trinajstić information content (AvgIpc) is 3.22. The van der Waals surface area contributed by atoms with E-state index in [1.165, 1.54) is 29.0 Å². The Bertz CT molecular complexity index is 1170. The van der Waals surface area contributed by atoms with Crippen LogP contribution in [-0.2, 0) is 28.7 Å². The average molecular weight is 538 g/mol. The van der Waals surface area contributed by atoms with Crippen molar-refractivity contribution in [3.05, 3.63) is 34.5 Å². The summed E-state index contributed by atoms with van der Waals surface area (Å²) in [5.41, 5.74) is 5.01. The van der Waals surface area contributed by atoms with E-state index in [2.05, 4.69) is 15.5 Å². The molecule has 12 nitrogen and oxygen atoms in total. The van der Waals surface area contributed by atoms with Crippen molar-refractivity contribution in [2.75, 3.05) is 11.5 Å². The molecule has 0 radical (unpaired) electrons. The summed E-state index contributed by atoms with van der Waals surface area (Å²) >= 11 is 2.40. The zero-order valence-electron chi connectivity index (χ0n) is 20.3. The van der Waals surface area contributed by atoms with Gasteiger partial charge >= 0.3 is 11.9 Å². The van der Waals surface area contributed by atoms with Crippen LogP contribution in [0.4, 0.5) is 5.13 Å². The maximum Gasteiger partial charge on any atom is 0.358 e. The van der Waals surface area contributed by atoms with Crippen LogP contribution in [0.5, 0.6) is 0 Å². The van der Waals surface area contributed by atoms with Crippen molar-refractivity contribution >= 4 is 57.7 Å². The Labute approximate surface area is 215 Å². The van der Waals surface area contributed by atoms with Crippen molar-refractivity contribution in [1.29, 1.82) is 0 Å². The van der Waals surface area contributed by atoms with Crippen LogP contribution in [0.1, 0.15) is 40.3 Å². The third-order valence-corrected chi connectivity index (χ3v) is 7.06. The number of nitrogens with two attached hydrogens (primary N) is 1. The van der Waals surface area contributed by atoms with E-state index in [4.69, 9.17) is 15.2 Å².